The Morgan fingerprint density at radius 3 is 2.16 bits per heavy atom. The van der Waals surface area contributed by atoms with Crippen LogP contribution in [-0.4, -0.2) is 41.6 Å². The van der Waals surface area contributed by atoms with Gasteiger partial charge in [-0.3, -0.25) is 34.8 Å². The maximum absolute atomic E-state index is 11.7. The quantitative estimate of drug-likeness (QED) is 0.249. The molecule has 0 saturated carbocycles. The SMILES string of the molecule is O=[N+]([O-])c1ccc(N2NN=C(c3ccc(S(=O)(=O)O)cc3S(=O)(=O)O)N2)c([N+](=O)[O-])c1. The van der Waals surface area contributed by atoms with E-state index in [0.717, 1.165) is 29.4 Å². The van der Waals surface area contributed by atoms with Crippen LogP contribution in [0.3, 0.4) is 0 Å². The van der Waals surface area contributed by atoms with E-state index in [0.29, 0.717) is 12.1 Å². The van der Waals surface area contributed by atoms with Crippen molar-refractivity contribution in [3.8, 4) is 0 Å². The van der Waals surface area contributed by atoms with Crippen LogP contribution in [-0.2, 0) is 20.2 Å². The number of nitro groups is 2. The summed E-state index contributed by atoms with van der Waals surface area (Å²) >= 11 is 0. The fourth-order valence-electron chi connectivity index (χ4n) is 2.52. The van der Waals surface area contributed by atoms with Gasteiger partial charge in [0.15, 0.2) is 11.5 Å². The molecular weight excluding hydrogens is 464 g/mol. The molecule has 2 aromatic rings. The van der Waals surface area contributed by atoms with Crippen LogP contribution in [0.5, 0.6) is 0 Å². The lowest BCUT2D eigenvalue weighted by Gasteiger charge is -2.18. The lowest BCUT2D eigenvalue weighted by molar-refractivity contribution is -0.393. The number of hydrogen-bond acceptors (Lipinski definition) is 12. The molecule has 0 unspecified atom stereocenters. The maximum atomic E-state index is 11.7. The van der Waals surface area contributed by atoms with Crippen molar-refractivity contribution >= 4 is 43.1 Å². The number of hydrazine groups is 2. The van der Waals surface area contributed by atoms with Gasteiger partial charge < -0.3 is 0 Å². The van der Waals surface area contributed by atoms with Gasteiger partial charge in [0.2, 0.25) is 0 Å². The number of benzene rings is 2. The van der Waals surface area contributed by atoms with Gasteiger partial charge >= 0.3 is 5.69 Å². The van der Waals surface area contributed by atoms with Crippen LogP contribution in [0.2, 0.25) is 0 Å². The molecule has 1 aliphatic heterocycles. The van der Waals surface area contributed by atoms with Crippen LogP contribution in [0.4, 0.5) is 17.1 Å². The molecule has 0 spiro atoms. The minimum absolute atomic E-state index is 0.239. The Hall–Kier alpha value is -3.87. The van der Waals surface area contributed by atoms with Gasteiger partial charge in [0.05, 0.1) is 20.8 Å². The summed E-state index contributed by atoms with van der Waals surface area (Å²) in [6, 6.07) is 4.93. The lowest BCUT2D eigenvalue weighted by Crippen LogP contribution is -2.42. The third-order valence-corrected chi connectivity index (χ3v) is 5.61. The molecule has 1 aliphatic rings. The number of rotatable bonds is 6. The molecule has 164 valence electrons. The number of hydrazone groups is 1. The number of nitro benzene ring substituents is 2. The van der Waals surface area contributed by atoms with Crippen molar-refractivity contribution in [2.24, 2.45) is 5.10 Å². The molecule has 4 N–H and O–H groups in total. The van der Waals surface area contributed by atoms with E-state index in [-0.39, 0.29) is 17.1 Å². The highest BCUT2D eigenvalue weighted by molar-refractivity contribution is 7.86. The molecule has 16 nitrogen and oxygen atoms in total. The van der Waals surface area contributed by atoms with E-state index in [2.05, 4.69) is 16.1 Å². The van der Waals surface area contributed by atoms with Crippen molar-refractivity contribution in [1.82, 2.24) is 11.0 Å². The minimum atomic E-state index is -5.00. The van der Waals surface area contributed by atoms with Crippen molar-refractivity contribution in [1.29, 1.82) is 0 Å². The highest BCUT2D eigenvalue weighted by Crippen LogP contribution is 2.31. The molecule has 18 heteroatoms. The van der Waals surface area contributed by atoms with Crippen LogP contribution in [0.1, 0.15) is 5.56 Å². The third kappa shape index (κ3) is 4.35. The zero-order chi connectivity index (χ0) is 23.1. The Morgan fingerprint density at radius 2 is 1.61 bits per heavy atom. The molecule has 0 amide bonds. The van der Waals surface area contributed by atoms with Crippen molar-refractivity contribution in [2.75, 3.05) is 5.12 Å². The number of anilines is 1. The lowest BCUT2D eigenvalue weighted by atomic mass is 10.2. The van der Waals surface area contributed by atoms with Gasteiger partial charge in [-0.2, -0.15) is 27.5 Å². The van der Waals surface area contributed by atoms with Crippen molar-refractivity contribution in [3.63, 3.8) is 0 Å². The first-order valence-electron chi connectivity index (χ1n) is 7.71. The predicted octanol–water partition coefficient (Wildman–Crippen LogP) is 0.187. The monoisotopic (exact) mass is 474 g/mol. The van der Waals surface area contributed by atoms with Gasteiger partial charge in [-0.25, -0.2) is 0 Å². The van der Waals surface area contributed by atoms with Gasteiger partial charge in [-0.05, 0) is 24.3 Å². The largest absolute Gasteiger partial charge is 0.303 e. The van der Waals surface area contributed by atoms with Gasteiger partial charge in [0, 0.05) is 11.6 Å². The maximum Gasteiger partial charge on any atom is 0.303 e. The molecule has 31 heavy (non-hydrogen) atoms. The highest BCUT2D eigenvalue weighted by Gasteiger charge is 2.30. The molecule has 3 rings (SSSR count). The molecule has 0 atom stereocenters. The molecule has 0 radical (unpaired) electrons. The van der Waals surface area contributed by atoms with Crippen molar-refractivity contribution < 1.29 is 35.8 Å². The minimum Gasteiger partial charge on any atom is -0.282 e. The van der Waals surface area contributed by atoms with Gasteiger partial charge in [-0.15, -0.1) is 5.10 Å². The molecule has 0 fully saturated rings. The van der Waals surface area contributed by atoms with Crippen molar-refractivity contribution in [2.45, 2.75) is 9.79 Å². The Balaban J connectivity index is 2.02. The number of nitrogens with zero attached hydrogens (tertiary/aromatic N) is 4. The number of hydrogen-bond donors (Lipinski definition) is 4. The zero-order valence-electron chi connectivity index (χ0n) is 14.7. The number of non-ortho nitro benzene ring substituents is 1. The number of nitrogens with one attached hydrogen (secondary N) is 2. The first-order chi connectivity index (χ1) is 14.3. The van der Waals surface area contributed by atoms with Gasteiger partial charge in [-0.1, -0.05) is 0 Å². The second-order valence-electron chi connectivity index (χ2n) is 5.80. The van der Waals surface area contributed by atoms with E-state index in [1.165, 1.54) is 0 Å². The molecule has 0 aromatic heterocycles. The van der Waals surface area contributed by atoms with E-state index in [4.69, 9.17) is 4.55 Å². The first-order valence-corrected chi connectivity index (χ1v) is 10.6. The van der Waals surface area contributed by atoms with Gasteiger partial charge in [0.25, 0.3) is 25.9 Å². The normalized spacial score (nSPS) is 13.9. The summed E-state index contributed by atoms with van der Waals surface area (Å²) in [5.41, 5.74) is 2.90. The fraction of sp³-hybridized carbons (Fsp3) is 0. The summed E-state index contributed by atoms with van der Waals surface area (Å²) in [4.78, 5) is 18.7. The summed E-state index contributed by atoms with van der Waals surface area (Å²) in [5.74, 6) is -0.317. The van der Waals surface area contributed by atoms with E-state index in [1.807, 2.05) is 0 Å². The zero-order valence-corrected chi connectivity index (χ0v) is 16.4. The van der Waals surface area contributed by atoms with Crippen molar-refractivity contribution in [3.05, 3.63) is 62.2 Å². The Bertz CT molecular complexity index is 1350. The summed E-state index contributed by atoms with van der Waals surface area (Å²) < 4.78 is 64.4. The summed E-state index contributed by atoms with van der Waals surface area (Å²) in [7, 11) is -9.80. The van der Waals surface area contributed by atoms with Crippen LogP contribution in [0, 0.1) is 20.2 Å². The Morgan fingerprint density at radius 1 is 0.935 bits per heavy atom. The summed E-state index contributed by atoms with van der Waals surface area (Å²) in [5, 5.41) is 26.7. The molecule has 0 bridgehead atoms. The summed E-state index contributed by atoms with van der Waals surface area (Å²) in [6.07, 6.45) is 0. The Kier molecular flexibility index (Phi) is 5.23. The molecular formula is C13H10N6O10S2. The second-order valence-corrected chi connectivity index (χ2v) is 8.61. The van der Waals surface area contributed by atoms with Crippen LogP contribution >= 0.6 is 0 Å². The topological polar surface area (TPSA) is 235 Å². The molecule has 0 saturated heterocycles. The average Bonchev–Trinajstić information content (AvgIpc) is 3.15. The van der Waals surface area contributed by atoms with Crippen LogP contribution in [0.15, 0.2) is 51.3 Å². The van der Waals surface area contributed by atoms with E-state index >= 15 is 0 Å². The highest BCUT2D eigenvalue weighted by atomic mass is 32.2. The van der Waals surface area contributed by atoms with Crippen LogP contribution < -0.4 is 16.1 Å². The first kappa shape index (κ1) is 21.8. The van der Waals surface area contributed by atoms with E-state index < -0.39 is 51.2 Å². The third-order valence-electron chi connectivity index (χ3n) is 3.87. The van der Waals surface area contributed by atoms with Crippen LogP contribution in [0.25, 0.3) is 0 Å². The van der Waals surface area contributed by atoms with Gasteiger partial charge in [0.1, 0.15) is 4.90 Å². The molecule has 1 heterocycles. The molecule has 2 aromatic carbocycles. The number of amidine groups is 1. The predicted molar refractivity (Wildman–Crippen MR) is 101 cm³/mol. The van der Waals surface area contributed by atoms with E-state index in [1.54, 1.807) is 0 Å². The molecule has 0 aliphatic carbocycles. The average molecular weight is 474 g/mol. The second kappa shape index (κ2) is 7.43. The van der Waals surface area contributed by atoms with E-state index in [9.17, 15) is 41.6 Å². The Labute approximate surface area is 172 Å². The fourth-order valence-corrected chi connectivity index (χ4v) is 3.82. The summed E-state index contributed by atoms with van der Waals surface area (Å²) in [6.45, 7) is 0. The standard InChI is InChI=1S/C13H10N6O10S2/c20-18(21)7-1-4-10(11(5-7)19(22)23)17-15-13(14-16-17)9-3-2-8(30(24,25)26)6-12(9)31(27,28)29/h1-6,16H,(H,14,15)(H,24,25,26)(H,27,28,29). The smallest absolute Gasteiger partial charge is 0.282 e.